The molecular weight excluding hydrogens is 314 g/mol. The molecule has 114 valence electrons. The minimum Gasteiger partial charge on any atom is -0.399 e. The van der Waals surface area contributed by atoms with Crippen LogP contribution >= 0.6 is 0 Å². The van der Waals surface area contributed by atoms with Crippen molar-refractivity contribution in [3.8, 4) is 0 Å². The van der Waals surface area contributed by atoms with Gasteiger partial charge in [-0.2, -0.15) is 0 Å². The summed E-state index contributed by atoms with van der Waals surface area (Å²) in [5.41, 5.74) is 6.80. The van der Waals surface area contributed by atoms with Crippen molar-refractivity contribution in [3.63, 3.8) is 0 Å². The third-order valence-corrected chi connectivity index (χ3v) is 6.84. The molecule has 1 atom stereocenters. The number of sulfonamides is 1. The summed E-state index contributed by atoms with van der Waals surface area (Å²) in [6, 6.07) is 4.37. The summed E-state index contributed by atoms with van der Waals surface area (Å²) in [5.74, 6) is -0.141. The molecule has 1 saturated heterocycles. The van der Waals surface area contributed by atoms with Gasteiger partial charge in [0.1, 0.15) is 4.90 Å². The molecule has 7 nitrogen and oxygen atoms in total. The minimum absolute atomic E-state index is 0.0149. The van der Waals surface area contributed by atoms with Crippen LogP contribution < -0.4 is 10.5 Å². The number of aromatic amines is 1. The second kappa shape index (κ2) is 4.72. The summed E-state index contributed by atoms with van der Waals surface area (Å²) >= 11 is 0. The predicted octanol–water partition coefficient (Wildman–Crippen LogP) is 0.216. The molecule has 0 aliphatic carbocycles. The number of nitrogen functional groups attached to an aromatic ring is 1. The molecule has 1 unspecified atom stereocenters. The topological polar surface area (TPSA) is 122 Å². The van der Waals surface area contributed by atoms with Crippen molar-refractivity contribution in [2.24, 2.45) is 0 Å². The lowest BCUT2D eigenvalue weighted by Gasteiger charge is -2.10. The average Bonchev–Trinajstić information content (AvgIpc) is 2.92. The molecule has 0 saturated carbocycles. The zero-order chi connectivity index (χ0) is 15.3. The Morgan fingerprint density at radius 1 is 1.33 bits per heavy atom. The van der Waals surface area contributed by atoms with Crippen molar-refractivity contribution >= 4 is 36.5 Å². The van der Waals surface area contributed by atoms with Crippen molar-refractivity contribution in [1.82, 2.24) is 9.71 Å². The number of hydrogen-bond donors (Lipinski definition) is 3. The summed E-state index contributed by atoms with van der Waals surface area (Å²) in [6.07, 6.45) is 1.68. The first-order valence-electron chi connectivity index (χ1n) is 6.36. The van der Waals surface area contributed by atoms with Crippen LogP contribution in [0.5, 0.6) is 0 Å². The van der Waals surface area contributed by atoms with E-state index in [0.29, 0.717) is 23.0 Å². The van der Waals surface area contributed by atoms with E-state index in [4.69, 9.17) is 5.73 Å². The van der Waals surface area contributed by atoms with Crippen LogP contribution in [-0.4, -0.2) is 39.4 Å². The molecule has 2 heterocycles. The highest BCUT2D eigenvalue weighted by atomic mass is 32.2. The molecule has 9 heteroatoms. The standard InChI is InChI=1S/C12H15N3O4S2/c13-8-1-2-11-10(5-8)12(6-14-11)21(18,19)15-9-3-4-20(16,17)7-9/h1-2,5-6,9,14-15H,3-4,7,13H2. The Hall–Kier alpha value is -1.58. The van der Waals surface area contributed by atoms with Crippen molar-refractivity contribution in [3.05, 3.63) is 24.4 Å². The van der Waals surface area contributed by atoms with Crippen LogP contribution in [0.1, 0.15) is 6.42 Å². The van der Waals surface area contributed by atoms with Gasteiger partial charge in [-0.1, -0.05) is 0 Å². The number of sulfone groups is 1. The van der Waals surface area contributed by atoms with Crippen LogP contribution in [0.3, 0.4) is 0 Å². The van der Waals surface area contributed by atoms with Gasteiger partial charge < -0.3 is 10.7 Å². The fourth-order valence-corrected chi connectivity index (χ4v) is 5.72. The van der Waals surface area contributed by atoms with Crippen molar-refractivity contribution in [2.45, 2.75) is 17.4 Å². The minimum atomic E-state index is -3.80. The summed E-state index contributed by atoms with van der Waals surface area (Å²) in [7, 11) is -6.94. The number of nitrogens with one attached hydrogen (secondary N) is 2. The molecule has 0 bridgehead atoms. The van der Waals surface area contributed by atoms with Gasteiger partial charge in [-0.05, 0) is 24.6 Å². The normalized spacial score (nSPS) is 21.8. The van der Waals surface area contributed by atoms with Gasteiger partial charge in [-0.3, -0.25) is 0 Å². The first kappa shape index (κ1) is 14.4. The van der Waals surface area contributed by atoms with Gasteiger partial charge in [0.25, 0.3) is 0 Å². The summed E-state index contributed by atoms with van der Waals surface area (Å²) in [4.78, 5) is 2.95. The number of aromatic nitrogens is 1. The third kappa shape index (κ3) is 2.76. The SMILES string of the molecule is Nc1ccc2[nH]cc(S(=O)(=O)NC3CCS(=O)(=O)C3)c2c1. The van der Waals surface area contributed by atoms with Crippen LogP contribution in [-0.2, 0) is 19.9 Å². The monoisotopic (exact) mass is 329 g/mol. The highest BCUT2D eigenvalue weighted by molar-refractivity contribution is 7.92. The maximum atomic E-state index is 12.4. The second-order valence-corrected chi connectivity index (χ2v) is 9.09. The lowest BCUT2D eigenvalue weighted by Crippen LogP contribution is -2.35. The van der Waals surface area contributed by atoms with Crippen LogP contribution in [0.15, 0.2) is 29.3 Å². The lowest BCUT2D eigenvalue weighted by atomic mass is 10.2. The number of rotatable bonds is 3. The van der Waals surface area contributed by atoms with E-state index in [-0.39, 0.29) is 16.4 Å². The van der Waals surface area contributed by atoms with Crippen LogP contribution in [0, 0.1) is 0 Å². The maximum absolute atomic E-state index is 12.4. The van der Waals surface area contributed by atoms with E-state index < -0.39 is 25.9 Å². The molecular formula is C12H15N3O4S2. The van der Waals surface area contributed by atoms with Crippen LogP contribution in [0.4, 0.5) is 5.69 Å². The summed E-state index contributed by atoms with van der Waals surface area (Å²) in [6.45, 7) is 0. The zero-order valence-electron chi connectivity index (χ0n) is 11.0. The van der Waals surface area contributed by atoms with E-state index in [2.05, 4.69) is 9.71 Å². The number of anilines is 1. The lowest BCUT2D eigenvalue weighted by molar-refractivity contribution is 0.563. The number of H-pyrrole nitrogens is 1. The van der Waals surface area contributed by atoms with E-state index >= 15 is 0 Å². The van der Waals surface area contributed by atoms with E-state index in [1.165, 1.54) is 6.20 Å². The van der Waals surface area contributed by atoms with Crippen molar-refractivity contribution < 1.29 is 16.8 Å². The smallest absolute Gasteiger partial charge is 0.242 e. The Kier molecular flexibility index (Phi) is 3.23. The number of fused-ring (bicyclic) bond motifs is 1. The molecule has 1 fully saturated rings. The van der Waals surface area contributed by atoms with Gasteiger partial charge in [-0.25, -0.2) is 21.6 Å². The number of nitrogens with two attached hydrogens (primary N) is 1. The van der Waals surface area contributed by atoms with E-state index in [9.17, 15) is 16.8 Å². The quantitative estimate of drug-likeness (QED) is 0.695. The third-order valence-electron chi connectivity index (χ3n) is 3.51. The molecule has 1 aromatic carbocycles. The zero-order valence-corrected chi connectivity index (χ0v) is 12.7. The van der Waals surface area contributed by atoms with Crippen LogP contribution in [0.2, 0.25) is 0 Å². The largest absolute Gasteiger partial charge is 0.399 e. The van der Waals surface area contributed by atoms with E-state index in [1.807, 2.05) is 0 Å². The Bertz CT molecular complexity index is 900. The maximum Gasteiger partial charge on any atom is 0.242 e. The van der Waals surface area contributed by atoms with Gasteiger partial charge in [-0.15, -0.1) is 0 Å². The average molecular weight is 329 g/mol. The number of hydrogen-bond acceptors (Lipinski definition) is 5. The van der Waals surface area contributed by atoms with Crippen LogP contribution in [0.25, 0.3) is 10.9 Å². The highest BCUT2D eigenvalue weighted by Gasteiger charge is 2.32. The van der Waals surface area contributed by atoms with Gasteiger partial charge in [0, 0.05) is 28.8 Å². The molecule has 1 aromatic heterocycles. The van der Waals surface area contributed by atoms with Gasteiger partial charge in [0.15, 0.2) is 9.84 Å². The molecule has 4 N–H and O–H groups in total. The molecule has 0 spiro atoms. The predicted molar refractivity (Wildman–Crippen MR) is 80.1 cm³/mol. The Morgan fingerprint density at radius 2 is 2.10 bits per heavy atom. The number of benzene rings is 1. The molecule has 2 aromatic rings. The first-order chi connectivity index (χ1) is 9.77. The van der Waals surface area contributed by atoms with Crippen molar-refractivity contribution in [1.29, 1.82) is 0 Å². The van der Waals surface area contributed by atoms with Crippen molar-refractivity contribution in [2.75, 3.05) is 17.2 Å². The molecule has 0 amide bonds. The summed E-state index contributed by atoms with van der Waals surface area (Å²) < 4.78 is 50.1. The molecule has 0 radical (unpaired) electrons. The molecule has 21 heavy (non-hydrogen) atoms. The summed E-state index contributed by atoms with van der Waals surface area (Å²) in [5, 5.41) is 0.489. The fourth-order valence-electron chi connectivity index (χ4n) is 2.51. The molecule has 1 aliphatic heterocycles. The molecule has 1 aliphatic rings. The second-order valence-electron chi connectivity index (χ2n) is 5.18. The first-order valence-corrected chi connectivity index (χ1v) is 9.67. The Labute approximate surface area is 122 Å². The van der Waals surface area contributed by atoms with Gasteiger partial charge in [0.2, 0.25) is 10.0 Å². The Balaban J connectivity index is 1.95. The van der Waals surface area contributed by atoms with E-state index in [0.717, 1.165) is 0 Å². The van der Waals surface area contributed by atoms with Gasteiger partial charge >= 0.3 is 0 Å². The Morgan fingerprint density at radius 3 is 2.76 bits per heavy atom. The molecule has 3 rings (SSSR count). The van der Waals surface area contributed by atoms with E-state index in [1.54, 1.807) is 18.2 Å². The van der Waals surface area contributed by atoms with Gasteiger partial charge in [0.05, 0.1) is 11.5 Å². The fraction of sp³-hybridized carbons (Fsp3) is 0.333. The highest BCUT2D eigenvalue weighted by Crippen LogP contribution is 2.25.